The van der Waals surface area contributed by atoms with Crippen molar-refractivity contribution in [2.24, 2.45) is 0 Å². The lowest BCUT2D eigenvalue weighted by Gasteiger charge is -2.21. The van der Waals surface area contributed by atoms with Crippen LogP contribution in [-0.4, -0.2) is 10.7 Å². The van der Waals surface area contributed by atoms with Crippen LogP contribution >= 0.6 is 22.9 Å². The number of benzene rings is 2. The summed E-state index contributed by atoms with van der Waals surface area (Å²) in [7, 11) is 0. The second-order valence-corrected chi connectivity index (χ2v) is 8.39. The van der Waals surface area contributed by atoms with Gasteiger partial charge in [-0.1, -0.05) is 29.8 Å². The third-order valence-electron chi connectivity index (χ3n) is 5.04. The van der Waals surface area contributed by atoms with Crippen molar-refractivity contribution in [3.8, 4) is 6.07 Å². The van der Waals surface area contributed by atoms with E-state index in [1.165, 1.54) is 17.5 Å². The zero-order valence-electron chi connectivity index (χ0n) is 16.2. The first-order valence-corrected chi connectivity index (χ1v) is 10.8. The first kappa shape index (κ1) is 21.4. The Labute approximate surface area is 186 Å². The Balaban J connectivity index is 1.77. The zero-order chi connectivity index (χ0) is 22.0. The van der Waals surface area contributed by atoms with Crippen molar-refractivity contribution >= 4 is 33.8 Å². The van der Waals surface area contributed by atoms with E-state index in [9.17, 15) is 18.4 Å². The number of rotatable bonds is 6. The molecular weight excluding hydrogens is 443 g/mol. The number of nitriles is 1. The van der Waals surface area contributed by atoms with Crippen LogP contribution in [0.4, 0.5) is 13.2 Å². The smallest absolute Gasteiger partial charge is 0.343 e. The number of halogens is 4. The molecular formula is C23H17ClF3N3S. The average molecular weight is 460 g/mol. The molecule has 4 rings (SSSR count). The third kappa shape index (κ3) is 4.77. The second kappa shape index (κ2) is 8.75. The van der Waals surface area contributed by atoms with E-state index in [0.29, 0.717) is 28.0 Å². The van der Waals surface area contributed by atoms with Gasteiger partial charge in [0.15, 0.2) is 0 Å². The third-order valence-corrected chi connectivity index (χ3v) is 6.02. The van der Waals surface area contributed by atoms with Gasteiger partial charge in [-0.2, -0.15) is 29.8 Å². The molecule has 0 aliphatic heterocycles. The Morgan fingerprint density at radius 3 is 2.52 bits per heavy atom. The minimum absolute atomic E-state index is 0.105. The van der Waals surface area contributed by atoms with Gasteiger partial charge in [0.25, 0.3) is 0 Å². The second-order valence-electron chi connectivity index (χ2n) is 7.17. The van der Waals surface area contributed by atoms with Crippen molar-refractivity contribution in [3.63, 3.8) is 0 Å². The molecule has 158 valence electrons. The largest absolute Gasteiger partial charge is 0.407 e. The van der Waals surface area contributed by atoms with E-state index >= 15 is 0 Å². The van der Waals surface area contributed by atoms with Crippen molar-refractivity contribution in [1.82, 2.24) is 9.88 Å². The summed E-state index contributed by atoms with van der Waals surface area (Å²) in [5.74, 6) is 0. The van der Waals surface area contributed by atoms with Gasteiger partial charge >= 0.3 is 6.18 Å². The topological polar surface area (TPSA) is 40.8 Å². The maximum atomic E-state index is 14.1. The summed E-state index contributed by atoms with van der Waals surface area (Å²) in [5, 5.41) is 16.7. The molecule has 2 aromatic carbocycles. The first-order chi connectivity index (χ1) is 14.8. The van der Waals surface area contributed by atoms with Crippen molar-refractivity contribution in [2.75, 3.05) is 0 Å². The molecule has 2 heterocycles. The summed E-state index contributed by atoms with van der Waals surface area (Å²) in [6, 6.07) is 13.9. The number of aromatic nitrogens is 1. The summed E-state index contributed by atoms with van der Waals surface area (Å²) in [6.45, 7) is 0.464. The fourth-order valence-electron chi connectivity index (χ4n) is 3.55. The van der Waals surface area contributed by atoms with Crippen LogP contribution in [0, 0.1) is 11.3 Å². The van der Waals surface area contributed by atoms with Crippen molar-refractivity contribution in [3.05, 3.63) is 92.8 Å². The Morgan fingerprint density at radius 1 is 1.10 bits per heavy atom. The van der Waals surface area contributed by atoms with Gasteiger partial charge in [-0.15, -0.1) is 0 Å². The van der Waals surface area contributed by atoms with Gasteiger partial charge in [0, 0.05) is 40.8 Å². The van der Waals surface area contributed by atoms with Gasteiger partial charge in [-0.05, 0) is 52.2 Å². The molecule has 0 bridgehead atoms. The molecule has 0 spiro atoms. The molecule has 0 radical (unpaired) electrons. The monoisotopic (exact) mass is 459 g/mol. The number of alkyl halides is 3. The quantitative estimate of drug-likeness (QED) is 0.350. The molecule has 0 saturated carbocycles. The maximum Gasteiger partial charge on any atom is 0.407 e. The normalized spacial score (nSPS) is 12.7. The van der Waals surface area contributed by atoms with Crippen LogP contribution in [0.25, 0.3) is 10.9 Å². The Kier molecular flexibility index (Phi) is 6.05. The van der Waals surface area contributed by atoms with E-state index in [-0.39, 0.29) is 12.1 Å². The van der Waals surface area contributed by atoms with Crippen LogP contribution in [0.15, 0.2) is 65.5 Å². The Morgan fingerprint density at radius 2 is 1.87 bits per heavy atom. The van der Waals surface area contributed by atoms with Gasteiger partial charge < -0.3 is 4.57 Å². The molecule has 1 N–H and O–H groups in total. The zero-order valence-corrected chi connectivity index (χ0v) is 17.7. The minimum Gasteiger partial charge on any atom is -0.343 e. The predicted molar refractivity (Wildman–Crippen MR) is 117 cm³/mol. The molecule has 0 saturated heterocycles. The molecule has 0 fully saturated rings. The number of hydrogen-bond donors (Lipinski definition) is 1. The molecule has 8 heteroatoms. The Bertz CT molecular complexity index is 1220. The highest BCUT2D eigenvalue weighted by molar-refractivity contribution is 7.07. The van der Waals surface area contributed by atoms with Crippen LogP contribution in [0.1, 0.15) is 28.3 Å². The predicted octanol–water partition coefficient (Wildman–Crippen LogP) is 6.67. The summed E-state index contributed by atoms with van der Waals surface area (Å²) < 4.78 is 43.9. The van der Waals surface area contributed by atoms with Gasteiger partial charge in [0.1, 0.15) is 6.04 Å². The summed E-state index contributed by atoms with van der Waals surface area (Å²) >= 11 is 7.39. The lowest BCUT2D eigenvalue weighted by molar-refractivity contribution is -0.157. The molecule has 3 nitrogen and oxygen atoms in total. The van der Waals surface area contributed by atoms with Crippen LogP contribution in [0.5, 0.6) is 0 Å². The molecule has 2 aromatic heterocycles. The highest BCUT2D eigenvalue weighted by Crippen LogP contribution is 2.38. The maximum absolute atomic E-state index is 14.1. The lowest BCUT2D eigenvalue weighted by atomic mass is 10.0. The summed E-state index contributed by atoms with van der Waals surface area (Å²) in [5.41, 5.74) is 2.80. The highest BCUT2D eigenvalue weighted by Gasteiger charge is 2.42. The number of nitrogens with one attached hydrogen (secondary N) is 1. The van der Waals surface area contributed by atoms with E-state index in [0.717, 1.165) is 11.1 Å². The average Bonchev–Trinajstić information content (AvgIpc) is 3.37. The lowest BCUT2D eigenvalue weighted by Crippen LogP contribution is -2.33. The summed E-state index contributed by atoms with van der Waals surface area (Å²) in [6.07, 6.45) is -2.96. The standard InChI is InChI=1S/C23H17ClF3N3S/c24-18-4-1-15(2-5-18)12-30-13-20(19-6-3-16(10-28)9-21(19)30)22(23(25,26)27)29-11-17-7-8-31-14-17/h1-9,13-14,22,29H,11-12H2. The van der Waals surface area contributed by atoms with Gasteiger partial charge in [0.05, 0.1) is 11.6 Å². The molecule has 4 aromatic rings. The number of hydrogen-bond acceptors (Lipinski definition) is 3. The fraction of sp³-hybridized carbons (Fsp3) is 0.174. The number of fused-ring (bicyclic) bond motifs is 1. The fourth-order valence-corrected chi connectivity index (χ4v) is 4.35. The van der Waals surface area contributed by atoms with Crippen molar-refractivity contribution in [2.45, 2.75) is 25.3 Å². The number of thiophene rings is 1. The van der Waals surface area contributed by atoms with Gasteiger partial charge in [-0.25, -0.2) is 0 Å². The van der Waals surface area contributed by atoms with Gasteiger partial charge in [-0.3, -0.25) is 5.32 Å². The van der Waals surface area contributed by atoms with E-state index in [1.54, 1.807) is 41.0 Å². The van der Waals surface area contributed by atoms with E-state index in [1.807, 2.05) is 22.9 Å². The van der Waals surface area contributed by atoms with E-state index in [4.69, 9.17) is 11.6 Å². The number of nitrogens with zero attached hydrogens (tertiary/aromatic N) is 2. The van der Waals surface area contributed by atoms with Crippen LogP contribution in [0.2, 0.25) is 5.02 Å². The van der Waals surface area contributed by atoms with Crippen molar-refractivity contribution in [1.29, 1.82) is 5.26 Å². The molecule has 31 heavy (non-hydrogen) atoms. The SMILES string of the molecule is N#Cc1ccc2c(C(NCc3ccsc3)C(F)(F)F)cn(Cc3ccc(Cl)cc3)c2c1. The molecule has 1 unspecified atom stereocenters. The van der Waals surface area contributed by atoms with Crippen LogP contribution < -0.4 is 5.32 Å². The Hall–Kier alpha value is -2.79. The van der Waals surface area contributed by atoms with Crippen LogP contribution in [0.3, 0.4) is 0 Å². The molecule has 0 aliphatic carbocycles. The minimum atomic E-state index is -4.48. The van der Waals surface area contributed by atoms with E-state index in [2.05, 4.69) is 11.4 Å². The van der Waals surface area contributed by atoms with E-state index < -0.39 is 12.2 Å². The van der Waals surface area contributed by atoms with Gasteiger partial charge in [0.2, 0.25) is 0 Å². The summed E-state index contributed by atoms with van der Waals surface area (Å²) in [4.78, 5) is 0. The van der Waals surface area contributed by atoms with Crippen molar-refractivity contribution < 1.29 is 13.2 Å². The first-order valence-electron chi connectivity index (χ1n) is 9.43. The molecule has 1 atom stereocenters. The van der Waals surface area contributed by atoms with Crippen LogP contribution in [-0.2, 0) is 13.1 Å². The molecule has 0 aliphatic rings. The highest BCUT2D eigenvalue weighted by atomic mass is 35.5. The molecule has 0 amide bonds.